The molecule has 0 bridgehead atoms. The highest BCUT2D eigenvalue weighted by Gasteiger charge is 2.20. The van der Waals surface area contributed by atoms with Crippen LogP contribution in [0.25, 0.3) is 0 Å². The van der Waals surface area contributed by atoms with E-state index in [1.165, 1.54) is 11.1 Å². The molecule has 1 saturated heterocycles. The van der Waals surface area contributed by atoms with Gasteiger partial charge in [-0.25, -0.2) is 0 Å². The number of benzene rings is 2. The zero-order valence-electron chi connectivity index (χ0n) is 18.0. The Hall–Kier alpha value is -2.12. The third-order valence-corrected chi connectivity index (χ3v) is 5.62. The molecule has 1 aliphatic heterocycles. The second kappa shape index (κ2) is 11.3. The molecule has 0 aromatic heterocycles. The van der Waals surface area contributed by atoms with E-state index in [0.717, 1.165) is 49.5 Å². The summed E-state index contributed by atoms with van der Waals surface area (Å²) in [6.07, 6.45) is 0.754. The van der Waals surface area contributed by atoms with E-state index in [2.05, 4.69) is 35.3 Å². The third-order valence-electron chi connectivity index (χ3n) is 5.62. The molecule has 3 rings (SSSR count). The van der Waals surface area contributed by atoms with Crippen molar-refractivity contribution in [3.63, 3.8) is 0 Å². The molecular formula is C24H34N2O4. The van der Waals surface area contributed by atoms with Crippen molar-refractivity contribution in [2.75, 3.05) is 33.4 Å². The fourth-order valence-electron chi connectivity index (χ4n) is 3.74. The molecular weight excluding hydrogens is 380 g/mol. The SMILES string of the molecule is COc1ccc(OC[C@@H](O)CN2CCC(O)CC2)c(CNCc2ccccc2C)c1. The Balaban J connectivity index is 1.54. The molecule has 1 aliphatic rings. The van der Waals surface area contributed by atoms with E-state index in [4.69, 9.17) is 9.47 Å². The lowest BCUT2D eigenvalue weighted by atomic mass is 10.1. The van der Waals surface area contributed by atoms with Crippen LogP contribution < -0.4 is 14.8 Å². The number of nitrogens with one attached hydrogen (secondary N) is 1. The average molecular weight is 415 g/mol. The van der Waals surface area contributed by atoms with Gasteiger partial charge in [-0.1, -0.05) is 24.3 Å². The summed E-state index contributed by atoms with van der Waals surface area (Å²) in [6.45, 7) is 5.94. The number of aliphatic hydroxyl groups excluding tert-OH is 2. The molecule has 0 spiro atoms. The Morgan fingerprint density at radius 1 is 1.10 bits per heavy atom. The Kier molecular flexibility index (Phi) is 8.51. The zero-order valence-corrected chi connectivity index (χ0v) is 18.0. The largest absolute Gasteiger partial charge is 0.497 e. The van der Waals surface area contributed by atoms with Crippen LogP contribution in [0.3, 0.4) is 0 Å². The number of aliphatic hydroxyl groups is 2. The number of β-amino-alcohol motifs (C(OH)–C–C–N with tert-alkyl or cyclic N) is 1. The van der Waals surface area contributed by atoms with Crippen molar-refractivity contribution in [3.8, 4) is 11.5 Å². The van der Waals surface area contributed by atoms with Gasteiger partial charge in [0.1, 0.15) is 24.2 Å². The predicted molar refractivity (Wildman–Crippen MR) is 118 cm³/mol. The van der Waals surface area contributed by atoms with Gasteiger partial charge in [-0.15, -0.1) is 0 Å². The van der Waals surface area contributed by atoms with Crippen molar-refractivity contribution in [1.82, 2.24) is 10.2 Å². The molecule has 1 fully saturated rings. The highest BCUT2D eigenvalue weighted by atomic mass is 16.5. The van der Waals surface area contributed by atoms with Crippen LogP contribution in [-0.4, -0.2) is 60.7 Å². The molecule has 2 aromatic rings. The van der Waals surface area contributed by atoms with Crippen molar-refractivity contribution < 1.29 is 19.7 Å². The fourth-order valence-corrected chi connectivity index (χ4v) is 3.74. The second-order valence-corrected chi connectivity index (χ2v) is 8.00. The Bertz CT molecular complexity index is 791. The lowest BCUT2D eigenvalue weighted by Crippen LogP contribution is -2.41. The van der Waals surface area contributed by atoms with E-state index in [1.807, 2.05) is 24.3 Å². The van der Waals surface area contributed by atoms with Gasteiger partial charge in [-0.05, 0) is 49.1 Å². The van der Waals surface area contributed by atoms with E-state index in [1.54, 1.807) is 7.11 Å². The number of hydrogen-bond donors (Lipinski definition) is 3. The number of hydrogen-bond acceptors (Lipinski definition) is 6. The van der Waals surface area contributed by atoms with Crippen LogP contribution in [0.2, 0.25) is 0 Å². The lowest BCUT2D eigenvalue weighted by Gasteiger charge is -2.31. The molecule has 6 nitrogen and oxygen atoms in total. The van der Waals surface area contributed by atoms with E-state index in [9.17, 15) is 10.2 Å². The molecule has 1 atom stereocenters. The lowest BCUT2D eigenvalue weighted by molar-refractivity contribution is 0.0336. The number of piperidine rings is 1. The number of methoxy groups -OCH3 is 1. The summed E-state index contributed by atoms with van der Waals surface area (Å²) < 4.78 is 11.3. The minimum atomic E-state index is -0.574. The number of likely N-dealkylation sites (tertiary alicyclic amines) is 1. The van der Waals surface area contributed by atoms with Gasteiger partial charge in [0.05, 0.1) is 13.2 Å². The number of nitrogens with zero attached hydrogens (tertiary/aromatic N) is 1. The molecule has 30 heavy (non-hydrogen) atoms. The van der Waals surface area contributed by atoms with Gasteiger partial charge in [0.25, 0.3) is 0 Å². The van der Waals surface area contributed by atoms with Gasteiger partial charge in [0.15, 0.2) is 0 Å². The molecule has 0 unspecified atom stereocenters. The normalized spacial score (nSPS) is 16.4. The molecule has 6 heteroatoms. The van der Waals surface area contributed by atoms with Gasteiger partial charge in [-0.3, -0.25) is 0 Å². The first-order valence-electron chi connectivity index (χ1n) is 10.7. The van der Waals surface area contributed by atoms with Crippen molar-refractivity contribution in [2.24, 2.45) is 0 Å². The van der Waals surface area contributed by atoms with Crippen LogP contribution in [0.4, 0.5) is 0 Å². The molecule has 0 saturated carbocycles. The maximum Gasteiger partial charge on any atom is 0.124 e. The van der Waals surface area contributed by atoms with Crippen molar-refractivity contribution in [3.05, 3.63) is 59.2 Å². The summed E-state index contributed by atoms with van der Waals surface area (Å²) in [5, 5.41) is 23.5. The number of rotatable bonds is 10. The smallest absolute Gasteiger partial charge is 0.124 e. The molecule has 2 aromatic carbocycles. The highest BCUT2D eigenvalue weighted by Crippen LogP contribution is 2.25. The molecule has 3 N–H and O–H groups in total. The summed E-state index contributed by atoms with van der Waals surface area (Å²) in [5.74, 6) is 1.53. The van der Waals surface area contributed by atoms with Crippen molar-refractivity contribution >= 4 is 0 Å². The second-order valence-electron chi connectivity index (χ2n) is 8.00. The van der Waals surface area contributed by atoms with Crippen LogP contribution in [0.5, 0.6) is 11.5 Å². The van der Waals surface area contributed by atoms with E-state index in [-0.39, 0.29) is 12.7 Å². The monoisotopic (exact) mass is 414 g/mol. The number of ether oxygens (including phenoxy) is 2. The first kappa shape index (κ1) is 22.6. The quantitative estimate of drug-likeness (QED) is 0.555. The topological polar surface area (TPSA) is 74.2 Å². The summed E-state index contributed by atoms with van der Waals surface area (Å²) in [6, 6.07) is 14.1. The van der Waals surface area contributed by atoms with Crippen molar-refractivity contribution in [2.45, 2.75) is 45.1 Å². The van der Waals surface area contributed by atoms with E-state index < -0.39 is 6.10 Å². The Morgan fingerprint density at radius 2 is 1.83 bits per heavy atom. The van der Waals surface area contributed by atoms with E-state index >= 15 is 0 Å². The summed E-state index contributed by atoms with van der Waals surface area (Å²) in [4.78, 5) is 2.18. The van der Waals surface area contributed by atoms with Crippen LogP contribution in [0.15, 0.2) is 42.5 Å². The zero-order chi connectivity index (χ0) is 21.3. The summed E-state index contributed by atoms with van der Waals surface area (Å²) in [7, 11) is 1.65. The van der Waals surface area contributed by atoms with E-state index in [0.29, 0.717) is 13.1 Å². The minimum absolute atomic E-state index is 0.205. The highest BCUT2D eigenvalue weighted by molar-refractivity contribution is 5.40. The van der Waals surface area contributed by atoms with Crippen LogP contribution in [0, 0.1) is 6.92 Å². The minimum Gasteiger partial charge on any atom is -0.497 e. The Labute approximate surface area is 179 Å². The predicted octanol–water partition coefficient (Wildman–Crippen LogP) is 2.49. The van der Waals surface area contributed by atoms with Gasteiger partial charge < -0.3 is 29.9 Å². The van der Waals surface area contributed by atoms with Crippen LogP contribution in [0.1, 0.15) is 29.5 Å². The van der Waals surface area contributed by atoms with Crippen molar-refractivity contribution in [1.29, 1.82) is 0 Å². The number of aryl methyl sites for hydroxylation is 1. The van der Waals surface area contributed by atoms with Gasteiger partial charge in [0, 0.05) is 38.3 Å². The molecule has 164 valence electrons. The van der Waals surface area contributed by atoms with Crippen LogP contribution >= 0.6 is 0 Å². The maximum absolute atomic E-state index is 10.4. The summed E-state index contributed by atoms with van der Waals surface area (Å²) >= 11 is 0. The standard InChI is InChI=1S/C24H34N2O4/c1-18-5-3-4-6-19(18)14-25-15-20-13-23(29-2)7-8-24(20)30-17-22(28)16-26-11-9-21(27)10-12-26/h3-8,13,21-22,25,27-28H,9-12,14-17H2,1-2H3/t22-/m0/s1. The Morgan fingerprint density at radius 3 is 2.57 bits per heavy atom. The molecule has 0 amide bonds. The molecule has 1 heterocycles. The molecule has 0 radical (unpaired) electrons. The van der Waals surface area contributed by atoms with Gasteiger partial charge in [-0.2, -0.15) is 0 Å². The van der Waals surface area contributed by atoms with Gasteiger partial charge in [0.2, 0.25) is 0 Å². The first-order valence-corrected chi connectivity index (χ1v) is 10.7. The summed E-state index contributed by atoms with van der Waals surface area (Å²) in [5.41, 5.74) is 3.53. The fraction of sp³-hybridized carbons (Fsp3) is 0.500. The third kappa shape index (κ3) is 6.71. The average Bonchev–Trinajstić information content (AvgIpc) is 2.75. The van der Waals surface area contributed by atoms with Gasteiger partial charge >= 0.3 is 0 Å². The molecule has 0 aliphatic carbocycles. The maximum atomic E-state index is 10.4. The first-order chi connectivity index (χ1) is 14.5. The van der Waals surface area contributed by atoms with Crippen LogP contribution in [-0.2, 0) is 13.1 Å².